The van der Waals surface area contributed by atoms with Gasteiger partial charge in [0.15, 0.2) is 0 Å². The van der Waals surface area contributed by atoms with Gasteiger partial charge in [0.2, 0.25) is 17.8 Å². The molecule has 0 spiro atoms. The molecule has 1 unspecified atom stereocenters. The summed E-state index contributed by atoms with van der Waals surface area (Å²) in [6.07, 6.45) is 9.81. The number of hydrogen-bond donors (Lipinski definition) is 4. The summed E-state index contributed by atoms with van der Waals surface area (Å²) >= 11 is 0. The third kappa shape index (κ3) is 8.96. The second kappa shape index (κ2) is 14.2. The molecule has 5 N–H and O–H groups in total. The van der Waals surface area contributed by atoms with Crippen molar-refractivity contribution >= 4 is 17.8 Å². The van der Waals surface area contributed by atoms with Crippen molar-refractivity contribution in [2.75, 3.05) is 76.1 Å². The Bertz CT molecular complexity index is 927. The SMILES string of the molecule is CC1(C)CN(CC(Nc2ncnc(NCCCN3CCN(CCCN)CC3)n2)C2CCCCC2)C(=O)C(C)(C)N1. The quantitative estimate of drug-likeness (QED) is 0.267. The summed E-state index contributed by atoms with van der Waals surface area (Å²) in [4.78, 5) is 34.0. The summed E-state index contributed by atoms with van der Waals surface area (Å²) in [7, 11) is 0. The van der Waals surface area contributed by atoms with E-state index in [-0.39, 0.29) is 17.5 Å². The third-order valence-electron chi connectivity index (χ3n) is 8.66. The van der Waals surface area contributed by atoms with Gasteiger partial charge in [0, 0.05) is 57.4 Å². The number of anilines is 2. The van der Waals surface area contributed by atoms with Crippen molar-refractivity contribution in [1.82, 2.24) is 35.0 Å². The van der Waals surface area contributed by atoms with E-state index in [2.05, 4.69) is 49.6 Å². The molecule has 1 aromatic rings. The Balaban J connectivity index is 1.30. The zero-order valence-corrected chi connectivity index (χ0v) is 25.4. The summed E-state index contributed by atoms with van der Waals surface area (Å²) in [6.45, 7) is 17.9. The second-order valence-electron chi connectivity index (χ2n) is 13.2. The van der Waals surface area contributed by atoms with Crippen molar-refractivity contribution in [3.05, 3.63) is 6.33 Å². The van der Waals surface area contributed by atoms with Crippen LogP contribution in [0.15, 0.2) is 6.33 Å². The molecular weight excluding hydrogens is 504 g/mol. The first kappa shape index (κ1) is 30.9. The van der Waals surface area contributed by atoms with Crippen LogP contribution in [-0.2, 0) is 4.79 Å². The normalized spacial score (nSPS) is 23.2. The number of nitrogens with two attached hydrogens (primary N) is 1. The molecule has 2 saturated heterocycles. The maximum absolute atomic E-state index is 13.4. The first-order valence-corrected chi connectivity index (χ1v) is 15.6. The van der Waals surface area contributed by atoms with Gasteiger partial charge in [-0.2, -0.15) is 4.98 Å². The Morgan fingerprint density at radius 2 is 1.65 bits per heavy atom. The average Bonchev–Trinajstić information content (AvgIpc) is 2.93. The molecule has 0 bridgehead atoms. The topological polar surface area (TPSA) is 128 Å². The molecule has 0 aromatic carbocycles. The van der Waals surface area contributed by atoms with Crippen LogP contribution >= 0.6 is 0 Å². The van der Waals surface area contributed by atoms with Crippen molar-refractivity contribution in [3.8, 4) is 0 Å². The van der Waals surface area contributed by atoms with E-state index in [0.29, 0.717) is 30.9 Å². The molecular formula is C29H54N10O. The molecule has 3 fully saturated rings. The van der Waals surface area contributed by atoms with Gasteiger partial charge in [0.1, 0.15) is 6.33 Å². The Labute approximate surface area is 241 Å². The van der Waals surface area contributed by atoms with Crippen molar-refractivity contribution < 1.29 is 4.79 Å². The molecule has 11 nitrogen and oxygen atoms in total. The predicted molar refractivity (Wildman–Crippen MR) is 161 cm³/mol. The van der Waals surface area contributed by atoms with Gasteiger partial charge in [-0.15, -0.1) is 0 Å². The summed E-state index contributed by atoms with van der Waals surface area (Å²) in [6, 6.07) is 0.104. The number of nitrogens with one attached hydrogen (secondary N) is 3. The Morgan fingerprint density at radius 1 is 1.00 bits per heavy atom. The summed E-state index contributed by atoms with van der Waals surface area (Å²) in [5, 5.41) is 10.5. The van der Waals surface area contributed by atoms with E-state index in [1.54, 1.807) is 6.33 Å². The van der Waals surface area contributed by atoms with Crippen molar-refractivity contribution in [2.45, 2.75) is 89.8 Å². The minimum absolute atomic E-state index is 0.104. The van der Waals surface area contributed by atoms with E-state index in [1.165, 1.54) is 32.1 Å². The van der Waals surface area contributed by atoms with Crippen LogP contribution in [0.25, 0.3) is 0 Å². The molecule has 1 saturated carbocycles. The molecule has 3 heterocycles. The number of hydrogen-bond acceptors (Lipinski definition) is 10. The Hall–Kier alpha value is -2.08. The van der Waals surface area contributed by atoms with Gasteiger partial charge in [-0.1, -0.05) is 19.3 Å². The standard InChI is InChI=1S/C29H54N10O/c1-28(2)21-39(25(40)29(3,4)36-28)20-24(23-10-6-5-7-11-23)34-27-33-22-32-26(35-27)31-13-9-15-38-18-16-37(17-19-38)14-8-12-30/h22-24,36H,5-21,30H2,1-4H3,(H2,31,32,33,34,35). The molecule has 3 aliphatic rings. The lowest BCUT2D eigenvalue weighted by atomic mass is 9.82. The molecule has 4 rings (SSSR count). The molecule has 1 aliphatic carbocycles. The highest BCUT2D eigenvalue weighted by atomic mass is 16.2. The van der Waals surface area contributed by atoms with Crippen LogP contribution in [0.3, 0.4) is 0 Å². The lowest BCUT2D eigenvalue weighted by Gasteiger charge is -2.48. The fourth-order valence-electron chi connectivity index (χ4n) is 6.79. The molecule has 1 atom stereocenters. The van der Waals surface area contributed by atoms with Crippen LogP contribution in [-0.4, -0.2) is 118 Å². The van der Waals surface area contributed by atoms with Gasteiger partial charge in [0.05, 0.1) is 5.54 Å². The van der Waals surface area contributed by atoms with Gasteiger partial charge in [-0.3, -0.25) is 10.1 Å². The summed E-state index contributed by atoms with van der Waals surface area (Å²) in [5.74, 6) is 1.84. The minimum Gasteiger partial charge on any atom is -0.354 e. The lowest BCUT2D eigenvalue weighted by molar-refractivity contribution is -0.144. The third-order valence-corrected chi connectivity index (χ3v) is 8.66. The zero-order chi connectivity index (χ0) is 28.6. The highest BCUT2D eigenvalue weighted by molar-refractivity contribution is 5.86. The zero-order valence-electron chi connectivity index (χ0n) is 25.4. The number of nitrogens with zero attached hydrogens (tertiary/aromatic N) is 6. The smallest absolute Gasteiger partial charge is 0.242 e. The van der Waals surface area contributed by atoms with Crippen LogP contribution in [0.1, 0.15) is 72.6 Å². The molecule has 40 heavy (non-hydrogen) atoms. The molecule has 1 aromatic heterocycles. The van der Waals surface area contributed by atoms with Gasteiger partial charge in [0.25, 0.3) is 0 Å². The number of aromatic nitrogens is 3. The summed E-state index contributed by atoms with van der Waals surface area (Å²) in [5.41, 5.74) is 4.93. The van der Waals surface area contributed by atoms with Crippen molar-refractivity contribution in [2.24, 2.45) is 11.7 Å². The van der Waals surface area contributed by atoms with E-state index >= 15 is 0 Å². The van der Waals surface area contributed by atoms with Gasteiger partial charge in [-0.05, 0) is 78.9 Å². The molecule has 2 aliphatic heterocycles. The van der Waals surface area contributed by atoms with Gasteiger partial charge in [-0.25, -0.2) is 9.97 Å². The minimum atomic E-state index is -0.582. The van der Waals surface area contributed by atoms with E-state index in [4.69, 9.17) is 10.7 Å². The number of amides is 1. The van der Waals surface area contributed by atoms with Crippen molar-refractivity contribution in [1.29, 1.82) is 0 Å². The van der Waals surface area contributed by atoms with Gasteiger partial charge < -0.3 is 31.1 Å². The average molecular weight is 559 g/mol. The molecule has 11 heteroatoms. The van der Waals surface area contributed by atoms with Crippen LogP contribution in [0, 0.1) is 5.92 Å². The first-order chi connectivity index (χ1) is 19.1. The monoisotopic (exact) mass is 558 g/mol. The second-order valence-corrected chi connectivity index (χ2v) is 13.2. The molecule has 0 radical (unpaired) electrons. The summed E-state index contributed by atoms with van der Waals surface area (Å²) < 4.78 is 0. The van der Waals surface area contributed by atoms with Crippen molar-refractivity contribution in [3.63, 3.8) is 0 Å². The van der Waals surface area contributed by atoms with Crippen LogP contribution in [0.5, 0.6) is 0 Å². The maximum Gasteiger partial charge on any atom is 0.242 e. The number of piperazine rings is 2. The maximum atomic E-state index is 13.4. The number of rotatable bonds is 13. The largest absolute Gasteiger partial charge is 0.354 e. The number of carbonyl (C=O) groups excluding carboxylic acids is 1. The Morgan fingerprint density at radius 3 is 2.33 bits per heavy atom. The molecule has 1 amide bonds. The first-order valence-electron chi connectivity index (χ1n) is 15.6. The van der Waals surface area contributed by atoms with Gasteiger partial charge >= 0.3 is 0 Å². The number of carbonyl (C=O) groups is 1. The fourth-order valence-corrected chi connectivity index (χ4v) is 6.79. The molecule has 226 valence electrons. The van der Waals surface area contributed by atoms with Crippen LogP contribution in [0.2, 0.25) is 0 Å². The lowest BCUT2D eigenvalue weighted by Crippen LogP contribution is -2.70. The van der Waals surface area contributed by atoms with E-state index in [0.717, 1.165) is 65.2 Å². The Kier molecular flexibility index (Phi) is 11.0. The van der Waals surface area contributed by atoms with E-state index < -0.39 is 5.54 Å². The highest BCUT2D eigenvalue weighted by Crippen LogP contribution is 2.30. The van der Waals surface area contributed by atoms with E-state index in [9.17, 15) is 4.79 Å². The fraction of sp³-hybridized carbons (Fsp3) is 0.862. The predicted octanol–water partition coefficient (Wildman–Crippen LogP) is 1.99. The highest BCUT2D eigenvalue weighted by Gasteiger charge is 2.44. The van der Waals surface area contributed by atoms with Crippen LogP contribution < -0.4 is 21.7 Å². The van der Waals surface area contributed by atoms with Crippen LogP contribution in [0.4, 0.5) is 11.9 Å². The van der Waals surface area contributed by atoms with E-state index in [1.807, 2.05) is 18.7 Å².